The number of alkyl halides is 3. The molecule has 3 nitrogen and oxygen atoms in total. The molecule has 3 aromatic rings. The maximum atomic E-state index is 14.2. The number of benzene rings is 3. The number of rotatable bonds is 5. The molecule has 0 fully saturated rings. The molecule has 156 valence electrons. The Morgan fingerprint density at radius 2 is 1.60 bits per heavy atom. The first-order valence-corrected chi connectivity index (χ1v) is 8.44. The molecule has 0 aromatic heterocycles. The van der Waals surface area contributed by atoms with Gasteiger partial charge in [-0.15, -0.1) is 0 Å². The molecule has 3 rings (SSSR count). The highest BCUT2D eigenvalue weighted by Gasteiger charge is 2.33. The van der Waals surface area contributed by atoms with Crippen LogP contribution >= 0.6 is 0 Å². The first kappa shape index (κ1) is 21.2. The van der Waals surface area contributed by atoms with Crippen molar-refractivity contribution in [3.63, 3.8) is 0 Å². The summed E-state index contributed by atoms with van der Waals surface area (Å²) in [5, 5.41) is 0. The third-order valence-electron chi connectivity index (χ3n) is 4.23. The Kier molecular flexibility index (Phi) is 5.73. The molecule has 0 saturated carbocycles. The second-order valence-electron chi connectivity index (χ2n) is 6.28. The van der Waals surface area contributed by atoms with Crippen LogP contribution in [0.15, 0.2) is 54.6 Å². The first-order valence-electron chi connectivity index (χ1n) is 8.44. The molecule has 0 aliphatic rings. The lowest BCUT2D eigenvalue weighted by atomic mass is 10.0. The summed E-state index contributed by atoms with van der Waals surface area (Å²) in [4.78, 5) is 11.2. The summed E-state index contributed by atoms with van der Waals surface area (Å²) >= 11 is 0. The molecular formula is C21H13F6NO2. The summed E-state index contributed by atoms with van der Waals surface area (Å²) in [6, 6.07) is 10.6. The first-order chi connectivity index (χ1) is 14.1. The summed E-state index contributed by atoms with van der Waals surface area (Å²) in [5.74, 6) is -5.48. The third-order valence-corrected chi connectivity index (χ3v) is 4.23. The summed E-state index contributed by atoms with van der Waals surface area (Å²) in [6.07, 6.45) is -4.80. The van der Waals surface area contributed by atoms with Gasteiger partial charge in [-0.2, -0.15) is 13.2 Å². The molecule has 0 heterocycles. The van der Waals surface area contributed by atoms with Crippen LogP contribution < -0.4 is 10.5 Å². The molecule has 2 N–H and O–H groups in total. The molecule has 0 bridgehead atoms. The predicted molar refractivity (Wildman–Crippen MR) is 96.0 cm³/mol. The topological polar surface area (TPSA) is 52.3 Å². The number of ether oxygens (including phenoxy) is 1. The van der Waals surface area contributed by atoms with E-state index >= 15 is 0 Å². The average Bonchev–Trinajstić information content (AvgIpc) is 2.66. The van der Waals surface area contributed by atoms with Crippen molar-refractivity contribution in [2.24, 2.45) is 5.73 Å². The van der Waals surface area contributed by atoms with Crippen molar-refractivity contribution >= 4 is 5.91 Å². The number of amides is 1. The highest BCUT2D eigenvalue weighted by Crippen LogP contribution is 2.33. The lowest BCUT2D eigenvalue weighted by molar-refractivity contribution is -0.139. The van der Waals surface area contributed by atoms with Gasteiger partial charge in [0.05, 0.1) is 5.56 Å². The van der Waals surface area contributed by atoms with Gasteiger partial charge in [0, 0.05) is 0 Å². The quantitative estimate of drug-likeness (QED) is 0.552. The Morgan fingerprint density at radius 3 is 2.23 bits per heavy atom. The van der Waals surface area contributed by atoms with E-state index in [9.17, 15) is 31.1 Å². The Morgan fingerprint density at radius 1 is 0.900 bits per heavy atom. The monoisotopic (exact) mass is 425 g/mol. The minimum atomic E-state index is -4.80. The van der Waals surface area contributed by atoms with Crippen LogP contribution in [0.3, 0.4) is 0 Å². The molecule has 9 heteroatoms. The van der Waals surface area contributed by atoms with Gasteiger partial charge in [0.2, 0.25) is 0 Å². The third kappa shape index (κ3) is 4.40. The largest absolute Gasteiger partial charge is 0.486 e. The standard InChI is InChI=1S/C21H13F6NO2/c22-15-6-7-17(19(24)18(15)20(28)29)30-10-11-2-1-3-12(8-11)13-4-5-14(16(23)9-13)21(25,26)27/h1-9H,10H2,(H2,28,29). The minimum Gasteiger partial charge on any atom is -0.486 e. The van der Waals surface area contributed by atoms with Crippen LogP contribution in [0.1, 0.15) is 21.5 Å². The van der Waals surface area contributed by atoms with Crippen LogP contribution in [0.5, 0.6) is 5.75 Å². The fourth-order valence-electron chi connectivity index (χ4n) is 2.80. The SMILES string of the molecule is NC(=O)c1c(F)ccc(OCc2cccc(-c3ccc(C(F)(F)F)c(F)c3)c2)c1F. The van der Waals surface area contributed by atoms with Crippen molar-refractivity contribution in [3.8, 4) is 16.9 Å². The van der Waals surface area contributed by atoms with Crippen molar-refractivity contribution in [1.29, 1.82) is 0 Å². The number of primary amides is 1. The Labute approximate surface area is 166 Å². The number of carbonyl (C=O) groups excluding carboxylic acids is 1. The Balaban J connectivity index is 1.83. The summed E-state index contributed by atoms with van der Waals surface area (Å²) in [7, 11) is 0. The maximum absolute atomic E-state index is 14.2. The van der Waals surface area contributed by atoms with Gasteiger partial charge < -0.3 is 10.5 Å². The van der Waals surface area contributed by atoms with Gasteiger partial charge in [-0.1, -0.05) is 24.3 Å². The molecule has 0 spiro atoms. The zero-order chi connectivity index (χ0) is 22.1. The molecule has 3 aromatic carbocycles. The minimum absolute atomic E-state index is 0.200. The number of hydrogen-bond acceptors (Lipinski definition) is 2. The van der Waals surface area contributed by atoms with E-state index in [1.165, 1.54) is 6.07 Å². The van der Waals surface area contributed by atoms with E-state index < -0.39 is 46.4 Å². The zero-order valence-electron chi connectivity index (χ0n) is 15.1. The van der Waals surface area contributed by atoms with E-state index in [-0.39, 0.29) is 12.2 Å². The van der Waals surface area contributed by atoms with E-state index in [2.05, 4.69) is 0 Å². The molecule has 0 saturated heterocycles. The Bertz CT molecular complexity index is 1110. The lowest BCUT2D eigenvalue weighted by Crippen LogP contribution is -2.16. The molecule has 0 aliphatic carbocycles. The smallest absolute Gasteiger partial charge is 0.419 e. The number of carbonyl (C=O) groups is 1. The van der Waals surface area contributed by atoms with E-state index in [1.807, 2.05) is 0 Å². The number of halogens is 6. The lowest BCUT2D eigenvalue weighted by Gasteiger charge is -2.12. The van der Waals surface area contributed by atoms with E-state index in [0.717, 1.165) is 24.3 Å². The van der Waals surface area contributed by atoms with Crippen molar-refractivity contribution in [2.75, 3.05) is 0 Å². The van der Waals surface area contributed by atoms with Gasteiger partial charge >= 0.3 is 6.18 Å². The van der Waals surface area contributed by atoms with E-state index in [0.29, 0.717) is 17.2 Å². The van der Waals surface area contributed by atoms with Crippen LogP contribution in [0.25, 0.3) is 11.1 Å². The van der Waals surface area contributed by atoms with E-state index in [1.54, 1.807) is 18.2 Å². The molecule has 0 atom stereocenters. The average molecular weight is 425 g/mol. The molecule has 0 unspecified atom stereocenters. The van der Waals surface area contributed by atoms with Crippen molar-refractivity contribution in [1.82, 2.24) is 0 Å². The van der Waals surface area contributed by atoms with Gasteiger partial charge in [0.15, 0.2) is 11.6 Å². The van der Waals surface area contributed by atoms with Crippen molar-refractivity contribution in [2.45, 2.75) is 12.8 Å². The molecule has 1 amide bonds. The normalized spacial score (nSPS) is 11.4. The molecule has 0 aliphatic heterocycles. The molecule has 30 heavy (non-hydrogen) atoms. The van der Waals surface area contributed by atoms with Crippen LogP contribution in [0, 0.1) is 17.5 Å². The highest BCUT2D eigenvalue weighted by molar-refractivity contribution is 5.93. The fourth-order valence-corrected chi connectivity index (χ4v) is 2.80. The van der Waals surface area contributed by atoms with Gasteiger partial charge in [0.25, 0.3) is 5.91 Å². The number of hydrogen-bond donors (Lipinski definition) is 1. The zero-order valence-corrected chi connectivity index (χ0v) is 15.1. The fraction of sp³-hybridized carbons (Fsp3) is 0.0952. The molecule has 0 radical (unpaired) electrons. The second kappa shape index (κ2) is 8.10. The van der Waals surface area contributed by atoms with Gasteiger partial charge in [-0.05, 0) is 47.0 Å². The Hall–Kier alpha value is -3.49. The van der Waals surface area contributed by atoms with Crippen LogP contribution in [-0.4, -0.2) is 5.91 Å². The van der Waals surface area contributed by atoms with Crippen LogP contribution in [0.4, 0.5) is 26.3 Å². The highest BCUT2D eigenvalue weighted by atomic mass is 19.4. The van der Waals surface area contributed by atoms with Gasteiger partial charge in [-0.3, -0.25) is 4.79 Å². The van der Waals surface area contributed by atoms with Gasteiger partial charge in [0.1, 0.15) is 23.8 Å². The van der Waals surface area contributed by atoms with Crippen LogP contribution in [0.2, 0.25) is 0 Å². The summed E-state index contributed by atoms with van der Waals surface area (Å²) < 4.78 is 84.9. The van der Waals surface area contributed by atoms with Crippen LogP contribution in [-0.2, 0) is 12.8 Å². The van der Waals surface area contributed by atoms with Crippen molar-refractivity contribution < 1.29 is 35.9 Å². The molecular weight excluding hydrogens is 412 g/mol. The maximum Gasteiger partial charge on any atom is 0.419 e. The predicted octanol–water partition coefficient (Wildman–Crippen LogP) is 5.47. The summed E-state index contributed by atoms with van der Waals surface area (Å²) in [6.45, 7) is -0.211. The van der Waals surface area contributed by atoms with E-state index in [4.69, 9.17) is 10.5 Å². The van der Waals surface area contributed by atoms with Crippen molar-refractivity contribution in [3.05, 3.63) is 88.7 Å². The second-order valence-corrected chi connectivity index (χ2v) is 6.28. The number of nitrogens with two attached hydrogens (primary N) is 1. The summed E-state index contributed by atoms with van der Waals surface area (Å²) in [5.41, 5.74) is 3.72. The van der Waals surface area contributed by atoms with Gasteiger partial charge in [-0.25, -0.2) is 13.2 Å².